The summed E-state index contributed by atoms with van der Waals surface area (Å²) in [7, 11) is 0. The van der Waals surface area contributed by atoms with Gasteiger partial charge in [-0.05, 0) is 45.2 Å². The molecule has 0 atom stereocenters. The Morgan fingerprint density at radius 1 is 1.38 bits per heavy atom. The van der Waals surface area contributed by atoms with Crippen molar-refractivity contribution in [2.45, 2.75) is 39.0 Å². The first-order valence-electron chi connectivity index (χ1n) is 6.35. The van der Waals surface area contributed by atoms with E-state index in [9.17, 15) is 4.79 Å². The summed E-state index contributed by atoms with van der Waals surface area (Å²) in [6, 6.07) is 0. The molecule has 1 fully saturated rings. The number of carbonyl (C=O) groups excluding carboxylic acids is 1. The molecule has 0 aliphatic carbocycles. The molecule has 0 spiro atoms. The minimum Gasteiger partial charge on any atom is -0.396 e. The van der Waals surface area contributed by atoms with E-state index < -0.39 is 0 Å². The third kappa shape index (κ3) is 3.46. The van der Waals surface area contributed by atoms with E-state index in [0.717, 1.165) is 45.2 Å². The van der Waals surface area contributed by atoms with Crippen molar-refractivity contribution in [1.29, 1.82) is 0 Å². The summed E-state index contributed by atoms with van der Waals surface area (Å²) < 4.78 is 0. The molecule has 1 aliphatic rings. The van der Waals surface area contributed by atoms with Crippen molar-refractivity contribution in [3.05, 3.63) is 0 Å². The first-order valence-corrected chi connectivity index (χ1v) is 6.35. The van der Waals surface area contributed by atoms with Crippen LogP contribution in [-0.4, -0.2) is 37.3 Å². The fourth-order valence-electron chi connectivity index (χ4n) is 2.27. The average Bonchev–Trinajstić information content (AvgIpc) is 2.35. The van der Waals surface area contributed by atoms with Gasteiger partial charge in [0, 0.05) is 13.2 Å². The Morgan fingerprint density at radius 2 is 2.06 bits per heavy atom. The fourth-order valence-corrected chi connectivity index (χ4v) is 2.27. The Balaban J connectivity index is 2.36. The number of hydrogen-bond acceptors (Lipinski definition) is 3. The van der Waals surface area contributed by atoms with E-state index >= 15 is 0 Å². The minimum atomic E-state index is -0.148. The largest absolute Gasteiger partial charge is 0.396 e. The molecule has 1 aliphatic heterocycles. The molecule has 1 heterocycles. The molecule has 3 N–H and O–H groups in total. The number of carbonyl (C=O) groups is 1. The summed E-state index contributed by atoms with van der Waals surface area (Å²) in [5.41, 5.74) is -0.148. The minimum absolute atomic E-state index is 0.148. The predicted molar refractivity (Wildman–Crippen MR) is 64.2 cm³/mol. The first kappa shape index (κ1) is 13.5. The van der Waals surface area contributed by atoms with Gasteiger partial charge in [-0.15, -0.1) is 0 Å². The molecule has 0 unspecified atom stereocenters. The van der Waals surface area contributed by atoms with Gasteiger partial charge >= 0.3 is 0 Å². The van der Waals surface area contributed by atoms with E-state index in [0.29, 0.717) is 6.54 Å². The molecular weight excluding hydrogens is 204 g/mol. The van der Waals surface area contributed by atoms with Crippen LogP contribution in [0.3, 0.4) is 0 Å². The lowest BCUT2D eigenvalue weighted by Gasteiger charge is -2.35. The van der Waals surface area contributed by atoms with Crippen molar-refractivity contribution in [1.82, 2.24) is 10.6 Å². The summed E-state index contributed by atoms with van der Waals surface area (Å²) in [5, 5.41) is 14.9. The Labute approximate surface area is 97.8 Å². The SMILES string of the molecule is CCC1(C(=O)NCCCCO)CCNCC1. The Kier molecular flexibility index (Phi) is 5.77. The molecule has 0 bridgehead atoms. The molecule has 1 amide bonds. The lowest BCUT2D eigenvalue weighted by atomic mass is 9.76. The van der Waals surface area contributed by atoms with Crippen LogP contribution in [0.4, 0.5) is 0 Å². The van der Waals surface area contributed by atoms with Crippen molar-refractivity contribution in [2.75, 3.05) is 26.2 Å². The van der Waals surface area contributed by atoms with E-state index in [1.54, 1.807) is 0 Å². The quantitative estimate of drug-likeness (QED) is 0.585. The summed E-state index contributed by atoms with van der Waals surface area (Å²) in [6.07, 6.45) is 4.42. The zero-order valence-electron chi connectivity index (χ0n) is 10.2. The van der Waals surface area contributed by atoms with E-state index in [1.807, 2.05) is 0 Å². The van der Waals surface area contributed by atoms with Crippen molar-refractivity contribution < 1.29 is 9.90 Å². The highest BCUT2D eigenvalue weighted by atomic mass is 16.2. The first-order chi connectivity index (χ1) is 7.75. The molecule has 0 aromatic rings. The molecule has 1 rings (SSSR count). The number of unbranched alkanes of at least 4 members (excludes halogenated alkanes) is 1. The molecule has 4 heteroatoms. The molecule has 1 saturated heterocycles. The van der Waals surface area contributed by atoms with E-state index in [1.165, 1.54) is 0 Å². The number of aliphatic hydroxyl groups is 1. The Morgan fingerprint density at radius 3 is 2.62 bits per heavy atom. The number of hydrogen-bond donors (Lipinski definition) is 3. The van der Waals surface area contributed by atoms with Gasteiger partial charge in [-0.1, -0.05) is 6.92 Å². The second-order valence-corrected chi connectivity index (χ2v) is 4.57. The number of piperidine rings is 1. The van der Waals surface area contributed by atoms with Crippen molar-refractivity contribution in [2.24, 2.45) is 5.41 Å². The van der Waals surface area contributed by atoms with Crippen LogP contribution < -0.4 is 10.6 Å². The lowest BCUT2D eigenvalue weighted by molar-refractivity contribution is -0.132. The van der Waals surface area contributed by atoms with Crippen molar-refractivity contribution in [3.8, 4) is 0 Å². The molecule has 0 radical (unpaired) electrons. The van der Waals surface area contributed by atoms with E-state index in [2.05, 4.69) is 17.6 Å². The third-order valence-corrected chi connectivity index (χ3v) is 3.59. The molecule has 94 valence electrons. The highest BCUT2D eigenvalue weighted by molar-refractivity contribution is 5.82. The maximum absolute atomic E-state index is 12.1. The van der Waals surface area contributed by atoms with Gasteiger partial charge in [0.2, 0.25) is 5.91 Å². The monoisotopic (exact) mass is 228 g/mol. The standard InChI is InChI=1S/C12H24N2O2/c1-2-12(5-8-13-9-6-12)11(16)14-7-3-4-10-15/h13,15H,2-10H2,1H3,(H,14,16). The van der Waals surface area contributed by atoms with Gasteiger partial charge in [0.25, 0.3) is 0 Å². The fraction of sp³-hybridized carbons (Fsp3) is 0.917. The number of rotatable bonds is 6. The van der Waals surface area contributed by atoms with Gasteiger partial charge in [0.15, 0.2) is 0 Å². The lowest BCUT2D eigenvalue weighted by Crippen LogP contribution is -2.47. The van der Waals surface area contributed by atoms with Crippen LogP contribution in [0.15, 0.2) is 0 Å². The maximum Gasteiger partial charge on any atom is 0.226 e. The van der Waals surface area contributed by atoms with Crippen LogP contribution in [0, 0.1) is 5.41 Å². The van der Waals surface area contributed by atoms with Gasteiger partial charge in [0.1, 0.15) is 0 Å². The molecule has 16 heavy (non-hydrogen) atoms. The smallest absolute Gasteiger partial charge is 0.226 e. The van der Waals surface area contributed by atoms with Gasteiger partial charge < -0.3 is 15.7 Å². The molecule has 4 nitrogen and oxygen atoms in total. The predicted octanol–water partition coefficient (Wildman–Crippen LogP) is 0.655. The van der Waals surface area contributed by atoms with Crippen LogP contribution in [-0.2, 0) is 4.79 Å². The number of aliphatic hydroxyl groups excluding tert-OH is 1. The molecular formula is C12H24N2O2. The Bertz CT molecular complexity index is 213. The number of nitrogens with one attached hydrogen (secondary N) is 2. The average molecular weight is 228 g/mol. The topological polar surface area (TPSA) is 61.4 Å². The number of amides is 1. The second kappa shape index (κ2) is 6.86. The summed E-state index contributed by atoms with van der Waals surface area (Å²) in [4.78, 5) is 12.1. The normalized spacial score (nSPS) is 19.4. The van der Waals surface area contributed by atoms with Crippen molar-refractivity contribution >= 4 is 5.91 Å². The highest BCUT2D eigenvalue weighted by Crippen LogP contribution is 2.32. The van der Waals surface area contributed by atoms with Crippen LogP contribution in [0.25, 0.3) is 0 Å². The zero-order valence-corrected chi connectivity index (χ0v) is 10.2. The van der Waals surface area contributed by atoms with Gasteiger partial charge in [-0.25, -0.2) is 0 Å². The van der Waals surface area contributed by atoms with E-state index in [4.69, 9.17) is 5.11 Å². The van der Waals surface area contributed by atoms with E-state index in [-0.39, 0.29) is 17.9 Å². The molecule has 0 aromatic heterocycles. The summed E-state index contributed by atoms with van der Waals surface area (Å²) in [5.74, 6) is 0.203. The second-order valence-electron chi connectivity index (χ2n) is 4.57. The van der Waals surface area contributed by atoms with Gasteiger partial charge in [-0.2, -0.15) is 0 Å². The van der Waals surface area contributed by atoms with Gasteiger partial charge in [-0.3, -0.25) is 4.79 Å². The van der Waals surface area contributed by atoms with Crippen LogP contribution in [0.5, 0.6) is 0 Å². The molecule has 0 saturated carbocycles. The van der Waals surface area contributed by atoms with Crippen molar-refractivity contribution in [3.63, 3.8) is 0 Å². The maximum atomic E-state index is 12.1. The molecule has 0 aromatic carbocycles. The Hall–Kier alpha value is -0.610. The highest BCUT2D eigenvalue weighted by Gasteiger charge is 2.37. The summed E-state index contributed by atoms with van der Waals surface area (Å²) in [6.45, 7) is 4.88. The third-order valence-electron chi connectivity index (χ3n) is 3.59. The van der Waals surface area contributed by atoms with Gasteiger partial charge in [0.05, 0.1) is 5.41 Å². The van der Waals surface area contributed by atoms with Crippen LogP contribution in [0.1, 0.15) is 39.0 Å². The zero-order chi connectivity index (χ0) is 11.9. The van der Waals surface area contributed by atoms with Crippen LogP contribution >= 0.6 is 0 Å². The van der Waals surface area contributed by atoms with Crippen LogP contribution in [0.2, 0.25) is 0 Å². The summed E-state index contributed by atoms with van der Waals surface area (Å²) >= 11 is 0.